The molecule has 1 aliphatic carbocycles. The number of halogens is 1. The van der Waals surface area contributed by atoms with Gasteiger partial charge in [-0.15, -0.1) is 0 Å². The van der Waals surface area contributed by atoms with E-state index in [9.17, 15) is 14.0 Å². The Morgan fingerprint density at radius 1 is 1.23 bits per heavy atom. The Kier molecular flexibility index (Phi) is 4.97. The van der Waals surface area contributed by atoms with Gasteiger partial charge in [0, 0.05) is 48.4 Å². The van der Waals surface area contributed by atoms with Crippen molar-refractivity contribution < 1.29 is 14.0 Å². The quantitative estimate of drug-likeness (QED) is 0.630. The molecule has 0 radical (unpaired) electrons. The van der Waals surface area contributed by atoms with Crippen LogP contribution in [0.5, 0.6) is 0 Å². The lowest BCUT2D eigenvalue weighted by Gasteiger charge is -2.19. The zero-order valence-corrected chi connectivity index (χ0v) is 16.9. The topological polar surface area (TPSA) is 91.0 Å². The predicted octanol–water partition coefficient (Wildman–Crippen LogP) is 3.77. The molecule has 0 saturated heterocycles. The van der Waals surface area contributed by atoms with Crippen molar-refractivity contribution in [3.05, 3.63) is 59.8 Å². The molecule has 0 unspecified atom stereocenters. The van der Waals surface area contributed by atoms with Gasteiger partial charge in [-0.2, -0.15) is 4.39 Å². The van der Waals surface area contributed by atoms with Crippen molar-refractivity contribution in [3.8, 4) is 0 Å². The third kappa shape index (κ3) is 4.05. The third-order valence-electron chi connectivity index (χ3n) is 5.77. The van der Waals surface area contributed by atoms with Crippen LogP contribution in [0.25, 0.3) is 16.6 Å². The van der Waals surface area contributed by atoms with E-state index in [2.05, 4.69) is 20.3 Å². The van der Waals surface area contributed by atoms with E-state index in [1.165, 1.54) is 18.3 Å². The number of allylic oxidation sites excluding steroid dienone is 1. The van der Waals surface area contributed by atoms with Gasteiger partial charge < -0.3 is 15.2 Å². The van der Waals surface area contributed by atoms with E-state index in [1.54, 1.807) is 4.90 Å². The van der Waals surface area contributed by atoms with E-state index >= 15 is 0 Å². The molecular weight excluding hydrogens is 397 g/mol. The van der Waals surface area contributed by atoms with Gasteiger partial charge in [0.25, 0.3) is 5.91 Å². The minimum absolute atomic E-state index is 0.0144. The average molecular weight is 419 g/mol. The van der Waals surface area contributed by atoms with Gasteiger partial charge >= 0.3 is 0 Å². The Bertz CT molecular complexity index is 1200. The second kappa shape index (κ2) is 7.94. The molecule has 4 heterocycles. The summed E-state index contributed by atoms with van der Waals surface area (Å²) >= 11 is 0. The van der Waals surface area contributed by atoms with Gasteiger partial charge in [-0.25, -0.2) is 9.97 Å². The first-order valence-corrected chi connectivity index (χ1v) is 10.5. The zero-order valence-electron chi connectivity index (χ0n) is 16.9. The van der Waals surface area contributed by atoms with Gasteiger partial charge in [-0.05, 0) is 55.0 Å². The molecule has 3 aromatic rings. The fourth-order valence-electron chi connectivity index (χ4n) is 3.96. The maximum atomic E-state index is 13.4. The maximum Gasteiger partial charge on any atom is 0.254 e. The van der Waals surface area contributed by atoms with E-state index in [0.29, 0.717) is 30.1 Å². The standard InChI is InChI=1S/C23H22FN5O2/c24-19-12-16(5-8-25-19)23(31)29-10-1-2-14(7-11-29)18-13-20(28-22(30)15-3-4-15)27-21-17(18)6-9-26-21/h5-9,12-13,15H,1-4,10-11H2,(H2,26,27,28,30). The summed E-state index contributed by atoms with van der Waals surface area (Å²) in [5, 5.41) is 3.91. The molecule has 2 aliphatic rings. The fourth-order valence-corrected chi connectivity index (χ4v) is 3.96. The molecule has 31 heavy (non-hydrogen) atoms. The molecule has 1 saturated carbocycles. The Morgan fingerprint density at radius 3 is 2.90 bits per heavy atom. The molecule has 2 N–H and O–H groups in total. The SMILES string of the molecule is O=C(Nc1cc(C2=CCN(C(=O)c3ccnc(F)c3)CCC2)c2cc[nH]c2n1)C1CC1. The molecule has 8 heteroatoms. The van der Waals surface area contributed by atoms with Crippen molar-refractivity contribution in [2.75, 3.05) is 18.4 Å². The molecule has 2 amide bonds. The van der Waals surface area contributed by atoms with Gasteiger partial charge in [-0.3, -0.25) is 9.59 Å². The Morgan fingerprint density at radius 2 is 2.10 bits per heavy atom. The summed E-state index contributed by atoms with van der Waals surface area (Å²) in [5.41, 5.74) is 3.12. The second-order valence-corrected chi connectivity index (χ2v) is 8.01. The van der Waals surface area contributed by atoms with Crippen molar-refractivity contribution in [3.63, 3.8) is 0 Å². The molecule has 1 fully saturated rings. The number of carbonyl (C=O) groups is 2. The van der Waals surface area contributed by atoms with Crippen molar-refractivity contribution in [1.29, 1.82) is 0 Å². The van der Waals surface area contributed by atoms with Crippen LogP contribution in [0.3, 0.4) is 0 Å². The van der Waals surface area contributed by atoms with Crippen molar-refractivity contribution in [2.24, 2.45) is 5.92 Å². The van der Waals surface area contributed by atoms with Crippen LogP contribution in [0.2, 0.25) is 0 Å². The number of hydrogen-bond donors (Lipinski definition) is 2. The summed E-state index contributed by atoms with van der Waals surface area (Å²) in [4.78, 5) is 37.9. The van der Waals surface area contributed by atoms with Crippen LogP contribution in [0.15, 0.2) is 42.7 Å². The Balaban J connectivity index is 1.42. The smallest absolute Gasteiger partial charge is 0.254 e. The van der Waals surface area contributed by atoms with Gasteiger partial charge in [0.05, 0.1) is 0 Å². The molecule has 0 atom stereocenters. The highest BCUT2D eigenvalue weighted by Crippen LogP contribution is 2.33. The van der Waals surface area contributed by atoms with E-state index in [1.807, 2.05) is 24.4 Å². The summed E-state index contributed by atoms with van der Waals surface area (Å²) in [6, 6.07) is 6.58. The summed E-state index contributed by atoms with van der Waals surface area (Å²) in [5.74, 6) is -0.228. The first-order valence-electron chi connectivity index (χ1n) is 10.5. The molecule has 3 aromatic heterocycles. The minimum Gasteiger partial charge on any atom is -0.346 e. The fraction of sp³-hybridized carbons (Fsp3) is 0.304. The number of nitrogens with one attached hydrogen (secondary N) is 2. The lowest BCUT2D eigenvalue weighted by Crippen LogP contribution is -2.31. The molecular formula is C23H22FN5O2. The van der Waals surface area contributed by atoms with Crippen LogP contribution < -0.4 is 5.32 Å². The number of rotatable bonds is 4. The highest BCUT2D eigenvalue weighted by molar-refractivity contribution is 5.98. The molecule has 158 valence electrons. The van der Waals surface area contributed by atoms with E-state index < -0.39 is 5.95 Å². The van der Waals surface area contributed by atoms with E-state index in [4.69, 9.17) is 0 Å². The van der Waals surface area contributed by atoms with E-state index in [0.717, 1.165) is 42.2 Å². The number of carbonyl (C=O) groups excluding carboxylic acids is 2. The van der Waals surface area contributed by atoms with Crippen molar-refractivity contribution >= 4 is 34.2 Å². The van der Waals surface area contributed by atoms with Crippen molar-refractivity contribution in [1.82, 2.24) is 19.9 Å². The molecule has 7 nitrogen and oxygen atoms in total. The summed E-state index contributed by atoms with van der Waals surface area (Å²) in [6.07, 6.45) is 8.60. The normalized spacial score (nSPS) is 16.7. The first-order chi connectivity index (χ1) is 15.1. The second-order valence-electron chi connectivity index (χ2n) is 8.01. The summed E-state index contributed by atoms with van der Waals surface area (Å²) < 4.78 is 13.4. The van der Waals surface area contributed by atoms with Crippen LogP contribution >= 0.6 is 0 Å². The number of H-pyrrole nitrogens is 1. The largest absolute Gasteiger partial charge is 0.346 e. The predicted molar refractivity (Wildman–Crippen MR) is 115 cm³/mol. The number of aromatic nitrogens is 3. The molecule has 0 bridgehead atoms. The van der Waals surface area contributed by atoms with Crippen LogP contribution in [0, 0.1) is 11.9 Å². The van der Waals surface area contributed by atoms with Crippen LogP contribution in [0.1, 0.15) is 41.6 Å². The van der Waals surface area contributed by atoms with Crippen LogP contribution in [-0.4, -0.2) is 44.8 Å². The molecule has 0 spiro atoms. The average Bonchev–Trinajstić information content (AvgIpc) is 3.55. The number of amides is 2. The Labute approximate surface area is 178 Å². The first kappa shape index (κ1) is 19.4. The molecule has 1 aliphatic heterocycles. The van der Waals surface area contributed by atoms with Gasteiger partial charge in [0.2, 0.25) is 11.9 Å². The zero-order chi connectivity index (χ0) is 21.4. The number of hydrogen-bond acceptors (Lipinski definition) is 4. The number of pyridine rings is 2. The van der Waals surface area contributed by atoms with Gasteiger partial charge in [0.1, 0.15) is 11.5 Å². The monoisotopic (exact) mass is 419 g/mol. The molecule has 0 aromatic carbocycles. The maximum absolute atomic E-state index is 13.4. The Hall–Kier alpha value is -3.55. The van der Waals surface area contributed by atoms with Crippen LogP contribution in [0.4, 0.5) is 10.2 Å². The lowest BCUT2D eigenvalue weighted by atomic mass is 9.99. The van der Waals surface area contributed by atoms with Crippen molar-refractivity contribution in [2.45, 2.75) is 25.7 Å². The highest BCUT2D eigenvalue weighted by Gasteiger charge is 2.30. The number of aromatic amines is 1. The molecule has 5 rings (SSSR count). The number of fused-ring (bicyclic) bond motifs is 1. The van der Waals surface area contributed by atoms with E-state index in [-0.39, 0.29) is 17.7 Å². The minimum atomic E-state index is -0.663. The van der Waals surface area contributed by atoms with Gasteiger partial charge in [-0.1, -0.05) is 6.08 Å². The van der Waals surface area contributed by atoms with Gasteiger partial charge in [0.15, 0.2) is 0 Å². The van der Waals surface area contributed by atoms with Crippen LogP contribution in [-0.2, 0) is 4.79 Å². The highest BCUT2D eigenvalue weighted by atomic mass is 19.1. The summed E-state index contributed by atoms with van der Waals surface area (Å²) in [7, 11) is 0. The number of anilines is 1. The summed E-state index contributed by atoms with van der Waals surface area (Å²) in [6.45, 7) is 1.01. The number of nitrogens with zero attached hydrogens (tertiary/aromatic N) is 3. The lowest BCUT2D eigenvalue weighted by molar-refractivity contribution is -0.117. The third-order valence-corrected chi connectivity index (χ3v) is 5.77.